The van der Waals surface area contributed by atoms with Gasteiger partial charge in [-0.3, -0.25) is 4.90 Å². The molecule has 0 spiro atoms. The van der Waals surface area contributed by atoms with E-state index >= 15 is 0 Å². The van der Waals surface area contributed by atoms with Gasteiger partial charge in [-0.25, -0.2) is 0 Å². The lowest BCUT2D eigenvalue weighted by Gasteiger charge is -2.36. The zero-order chi connectivity index (χ0) is 14.5. The van der Waals surface area contributed by atoms with E-state index in [2.05, 4.69) is 18.7 Å². The molecule has 0 radical (unpaired) electrons. The van der Waals surface area contributed by atoms with E-state index in [4.69, 9.17) is 9.47 Å². The maximum atomic E-state index is 9.67. The van der Waals surface area contributed by atoms with Crippen LogP contribution in [0.3, 0.4) is 0 Å². The third-order valence-electron chi connectivity index (χ3n) is 4.11. The number of likely N-dealkylation sites (tertiary alicyclic amines) is 1. The van der Waals surface area contributed by atoms with Gasteiger partial charge in [0.15, 0.2) is 11.5 Å². The minimum Gasteiger partial charge on any atom is -0.504 e. The number of methoxy groups -OCH3 is 1. The number of aromatic hydroxyl groups is 1. The highest BCUT2D eigenvalue weighted by Gasteiger charge is 2.24. The van der Waals surface area contributed by atoms with Crippen molar-refractivity contribution in [2.45, 2.75) is 38.8 Å². The average Bonchev–Trinajstić information content (AvgIpc) is 2.48. The van der Waals surface area contributed by atoms with Gasteiger partial charge < -0.3 is 14.6 Å². The van der Waals surface area contributed by atoms with E-state index in [1.54, 1.807) is 13.2 Å². The highest BCUT2D eigenvalue weighted by atomic mass is 16.5. The van der Waals surface area contributed by atoms with Crippen LogP contribution in [0.15, 0.2) is 18.2 Å². The number of rotatable bonds is 5. The summed E-state index contributed by atoms with van der Waals surface area (Å²) in [5.74, 6) is 0.733. The number of nitrogens with zero attached hydrogens (tertiary/aromatic N) is 1. The van der Waals surface area contributed by atoms with Crippen LogP contribution in [0.5, 0.6) is 11.5 Å². The van der Waals surface area contributed by atoms with Crippen molar-refractivity contribution < 1.29 is 14.6 Å². The molecule has 1 atom stereocenters. The molecule has 1 aliphatic heterocycles. The number of piperidine rings is 1. The normalized spacial score (nSPS) is 18.9. The lowest BCUT2D eigenvalue weighted by Crippen LogP contribution is -2.38. The molecule has 1 aromatic carbocycles. The van der Waals surface area contributed by atoms with Gasteiger partial charge in [-0.15, -0.1) is 0 Å². The van der Waals surface area contributed by atoms with Crippen molar-refractivity contribution in [2.75, 3.05) is 26.8 Å². The highest BCUT2D eigenvalue weighted by Crippen LogP contribution is 2.32. The van der Waals surface area contributed by atoms with Crippen LogP contribution < -0.4 is 4.74 Å². The summed E-state index contributed by atoms with van der Waals surface area (Å²) < 4.78 is 10.9. The topological polar surface area (TPSA) is 41.9 Å². The Morgan fingerprint density at radius 3 is 2.65 bits per heavy atom. The second-order valence-electron chi connectivity index (χ2n) is 5.30. The molecule has 20 heavy (non-hydrogen) atoms. The van der Waals surface area contributed by atoms with Crippen molar-refractivity contribution in [3.63, 3.8) is 0 Å². The molecule has 4 nitrogen and oxygen atoms in total. The van der Waals surface area contributed by atoms with E-state index in [-0.39, 0.29) is 5.75 Å². The number of phenols is 1. The fraction of sp³-hybridized carbons (Fsp3) is 0.625. The molecule has 0 aromatic heterocycles. The maximum absolute atomic E-state index is 9.67. The van der Waals surface area contributed by atoms with Crippen LogP contribution in [0.25, 0.3) is 0 Å². The molecule has 1 N–H and O–H groups in total. The fourth-order valence-corrected chi connectivity index (χ4v) is 2.83. The summed E-state index contributed by atoms with van der Waals surface area (Å²) in [5, 5.41) is 9.67. The Kier molecular flexibility index (Phi) is 5.26. The number of phenolic OH excluding ortho intramolecular Hbond substituents is 1. The number of hydrogen-bond donors (Lipinski definition) is 1. The van der Waals surface area contributed by atoms with Crippen LogP contribution in [0.4, 0.5) is 0 Å². The van der Waals surface area contributed by atoms with Gasteiger partial charge in [0.2, 0.25) is 0 Å². The summed E-state index contributed by atoms with van der Waals surface area (Å²) in [4.78, 5) is 2.46. The summed E-state index contributed by atoms with van der Waals surface area (Å²) in [7, 11) is 1.58. The third-order valence-corrected chi connectivity index (χ3v) is 4.11. The van der Waals surface area contributed by atoms with Crippen molar-refractivity contribution in [2.24, 2.45) is 0 Å². The number of hydrogen-bond acceptors (Lipinski definition) is 4. The molecule has 112 valence electrons. The van der Waals surface area contributed by atoms with Gasteiger partial charge >= 0.3 is 0 Å². The molecule has 1 aromatic rings. The van der Waals surface area contributed by atoms with Crippen molar-refractivity contribution in [1.82, 2.24) is 4.90 Å². The van der Waals surface area contributed by atoms with E-state index in [1.165, 1.54) is 5.56 Å². The van der Waals surface area contributed by atoms with Crippen molar-refractivity contribution in [3.05, 3.63) is 23.8 Å². The predicted octanol–water partition coefficient (Wildman–Crippen LogP) is 2.96. The first kappa shape index (κ1) is 15.1. The van der Waals surface area contributed by atoms with E-state index in [9.17, 15) is 5.11 Å². The van der Waals surface area contributed by atoms with Gasteiger partial charge in [-0.05, 0) is 44.4 Å². The quantitative estimate of drug-likeness (QED) is 0.900. The van der Waals surface area contributed by atoms with E-state index in [0.29, 0.717) is 17.9 Å². The number of benzene rings is 1. The molecular formula is C16H25NO3. The molecule has 4 heteroatoms. The first-order valence-corrected chi connectivity index (χ1v) is 7.38. The van der Waals surface area contributed by atoms with Gasteiger partial charge in [0.05, 0.1) is 13.2 Å². The predicted molar refractivity (Wildman–Crippen MR) is 79.3 cm³/mol. The monoisotopic (exact) mass is 279 g/mol. The van der Waals surface area contributed by atoms with Crippen molar-refractivity contribution in [1.29, 1.82) is 0 Å². The molecule has 0 amide bonds. The molecule has 1 heterocycles. The Hall–Kier alpha value is -1.26. The Balaban J connectivity index is 1.99. The lowest BCUT2D eigenvalue weighted by atomic mass is 10.0. The maximum Gasteiger partial charge on any atom is 0.160 e. The molecule has 2 rings (SSSR count). The molecule has 1 saturated heterocycles. The van der Waals surface area contributed by atoms with E-state index < -0.39 is 0 Å². The van der Waals surface area contributed by atoms with Gasteiger partial charge in [0.25, 0.3) is 0 Å². The largest absolute Gasteiger partial charge is 0.504 e. The van der Waals surface area contributed by atoms with Gasteiger partial charge in [-0.2, -0.15) is 0 Å². The summed E-state index contributed by atoms with van der Waals surface area (Å²) >= 11 is 0. The first-order valence-electron chi connectivity index (χ1n) is 7.38. The summed E-state index contributed by atoms with van der Waals surface area (Å²) in [6.45, 7) is 7.16. The van der Waals surface area contributed by atoms with Crippen LogP contribution >= 0.6 is 0 Å². The summed E-state index contributed by atoms with van der Waals surface area (Å²) in [5.41, 5.74) is 1.18. The second kappa shape index (κ2) is 6.95. The Bertz CT molecular complexity index is 428. The molecule has 0 saturated carbocycles. The minimum atomic E-state index is 0.193. The fourth-order valence-electron chi connectivity index (χ4n) is 2.83. The standard InChI is InChI=1S/C16H25NO3/c1-4-20-14-7-9-17(10-8-14)12(2)13-5-6-15(18)16(11-13)19-3/h5-6,11-12,14,18H,4,7-10H2,1-3H3. The molecular weight excluding hydrogens is 254 g/mol. The summed E-state index contributed by atoms with van der Waals surface area (Å²) in [6, 6.07) is 5.93. The molecule has 1 unspecified atom stereocenters. The zero-order valence-corrected chi connectivity index (χ0v) is 12.6. The molecule has 0 aliphatic carbocycles. The van der Waals surface area contributed by atoms with Gasteiger partial charge in [0.1, 0.15) is 0 Å². The molecule has 1 aliphatic rings. The number of ether oxygens (including phenoxy) is 2. The SMILES string of the molecule is CCOC1CCN(C(C)c2ccc(O)c(OC)c2)CC1. The lowest BCUT2D eigenvalue weighted by molar-refractivity contribution is 0.00553. The van der Waals surface area contributed by atoms with Crippen molar-refractivity contribution in [3.8, 4) is 11.5 Å². The van der Waals surface area contributed by atoms with E-state index in [0.717, 1.165) is 32.5 Å². The Labute approximate surface area is 121 Å². The first-order chi connectivity index (χ1) is 9.65. The molecule has 1 fully saturated rings. The second-order valence-corrected chi connectivity index (χ2v) is 5.30. The Morgan fingerprint density at radius 1 is 1.35 bits per heavy atom. The van der Waals surface area contributed by atoms with Crippen LogP contribution in [0, 0.1) is 0 Å². The van der Waals surface area contributed by atoms with E-state index in [1.807, 2.05) is 12.1 Å². The van der Waals surface area contributed by atoms with Gasteiger partial charge in [0, 0.05) is 25.7 Å². The smallest absolute Gasteiger partial charge is 0.160 e. The summed E-state index contributed by atoms with van der Waals surface area (Å²) in [6.07, 6.45) is 2.60. The third kappa shape index (κ3) is 3.44. The Morgan fingerprint density at radius 2 is 2.05 bits per heavy atom. The minimum absolute atomic E-state index is 0.193. The molecule has 0 bridgehead atoms. The highest BCUT2D eigenvalue weighted by molar-refractivity contribution is 5.42. The zero-order valence-electron chi connectivity index (χ0n) is 12.6. The average molecular weight is 279 g/mol. The van der Waals surface area contributed by atoms with Crippen molar-refractivity contribution >= 4 is 0 Å². The van der Waals surface area contributed by atoms with Crippen LogP contribution in [-0.2, 0) is 4.74 Å². The van der Waals surface area contributed by atoms with Crippen LogP contribution in [0.2, 0.25) is 0 Å². The van der Waals surface area contributed by atoms with Crippen LogP contribution in [-0.4, -0.2) is 42.9 Å². The van der Waals surface area contributed by atoms with Crippen LogP contribution in [0.1, 0.15) is 38.3 Å². The van der Waals surface area contributed by atoms with Gasteiger partial charge in [-0.1, -0.05) is 6.07 Å².